The number of nitrogens with zero attached hydrogens (tertiary/aromatic N) is 6. The van der Waals surface area contributed by atoms with Gasteiger partial charge >= 0.3 is 0 Å². The van der Waals surface area contributed by atoms with Gasteiger partial charge in [0, 0.05) is 42.4 Å². The maximum absolute atomic E-state index is 5.47. The number of benzene rings is 1. The van der Waals surface area contributed by atoms with E-state index < -0.39 is 0 Å². The van der Waals surface area contributed by atoms with Crippen LogP contribution in [0.15, 0.2) is 60.0 Å². The second-order valence-corrected chi connectivity index (χ2v) is 7.11. The molecule has 0 radical (unpaired) electrons. The number of hydrogen-bond acceptors (Lipinski definition) is 8. The quantitative estimate of drug-likeness (QED) is 0.481. The molecule has 32 heavy (non-hydrogen) atoms. The summed E-state index contributed by atoms with van der Waals surface area (Å²) in [6, 6.07) is 9.52. The average Bonchev–Trinajstić information content (AvgIpc) is 3.56. The third-order valence-corrected chi connectivity index (χ3v) is 5.12. The third kappa shape index (κ3) is 3.87. The number of aromatic nitrogens is 5. The van der Waals surface area contributed by atoms with Crippen LogP contribution in [0.2, 0.25) is 0 Å². The van der Waals surface area contributed by atoms with E-state index in [1.165, 1.54) is 0 Å². The molecular weight excluding hydrogens is 406 g/mol. The fourth-order valence-electron chi connectivity index (χ4n) is 3.49. The second-order valence-electron chi connectivity index (χ2n) is 7.11. The summed E-state index contributed by atoms with van der Waals surface area (Å²) in [5.41, 5.74) is 3.83. The van der Waals surface area contributed by atoms with Gasteiger partial charge in [-0.1, -0.05) is 6.08 Å². The van der Waals surface area contributed by atoms with Crippen LogP contribution in [0, 0.1) is 0 Å². The molecule has 0 saturated heterocycles. The Balaban J connectivity index is 1.61. The van der Waals surface area contributed by atoms with Crippen LogP contribution in [0.5, 0.6) is 11.5 Å². The Morgan fingerprint density at radius 3 is 2.56 bits per heavy atom. The first-order chi connectivity index (χ1) is 15.7. The van der Waals surface area contributed by atoms with Gasteiger partial charge < -0.3 is 19.4 Å². The van der Waals surface area contributed by atoms with Crippen LogP contribution in [0.25, 0.3) is 16.7 Å². The first kappa shape index (κ1) is 19.7. The summed E-state index contributed by atoms with van der Waals surface area (Å²) in [4.78, 5) is 27.9. The van der Waals surface area contributed by atoms with Gasteiger partial charge in [0.1, 0.15) is 28.7 Å². The van der Waals surface area contributed by atoms with Crippen LogP contribution >= 0.6 is 0 Å². The van der Waals surface area contributed by atoms with Crippen LogP contribution in [0.3, 0.4) is 0 Å². The number of ether oxygens (including phenoxy) is 2. The number of pyridine rings is 1. The minimum absolute atomic E-state index is 0.465. The molecule has 4 aromatic rings. The largest absolute Gasteiger partial charge is 0.497 e. The minimum Gasteiger partial charge on any atom is -0.497 e. The molecule has 1 aliphatic heterocycles. The number of imidazole rings is 1. The van der Waals surface area contributed by atoms with Gasteiger partial charge in [-0.15, -0.1) is 0 Å². The van der Waals surface area contributed by atoms with Crippen molar-refractivity contribution in [2.75, 3.05) is 25.7 Å². The van der Waals surface area contributed by atoms with E-state index in [2.05, 4.69) is 19.9 Å². The van der Waals surface area contributed by atoms with Gasteiger partial charge in [-0.2, -0.15) is 0 Å². The van der Waals surface area contributed by atoms with Gasteiger partial charge in [-0.25, -0.2) is 15.0 Å². The third-order valence-electron chi connectivity index (χ3n) is 5.12. The second kappa shape index (κ2) is 8.46. The molecule has 1 N–H and O–H groups in total. The maximum atomic E-state index is 5.47. The van der Waals surface area contributed by atoms with E-state index in [0.29, 0.717) is 41.6 Å². The average molecular weight is 427 g/mol. The Labute approximate surface area is 184 Å². The maximum Gasteiger partial charge on any atom is 0.180 e. The molecule has 0 atom stereocenters. The lowest BCUT2D eigenvalue weighted by molar-refractivity contribution is 0.394. The molecule has 160 valence electrons. The minimum atomic E-state index is 0.465. The predicted octanol–water partition coefficient (Wildman–Crippen LogP) is 3.57. The number of aliphatic imine (C=N–C) groups is 1. The van der Waals surface area contributed by atoms with Crippen molar-refractivity contribution >= 4 is 34.5 Å². The van der Waals surface area contributed by atoms with Gasteiger partial charge in [-0.05, 0) is 12.1 Å². The Morgan fingerprint density at radius 2 is 1.88 bits per heavy atom. The Morgan fingerprint density at radius 1 is 1.03 bits per heavy atom. The molecule has 0 aliphatic carbocycles. The van der Waals surface area contributed by atoms with Crippen molar-refractivity contribution in [3.8, 4) is 11.5 Å². The SMILES string of the molecule is COc1cc(OC)cc(N(Cc2ncc[nH]2)c2ccc3ncc(C4=CCN=C4)nc3n2)c1. The summed E-state index contributed by atoms with van der Waals surface area (Å²) in [6.45, 7) is 1.13. The Kier molecular flexibility index (Phi) is 5.20. The number of anilines is 2. The molecule has 4 heterocycles. The molecule has 0 saturated carbocycles. The number of rotatable bonds is 7. The molecule has 3 aromatic heterocycles. The highest BCUT2D eigenvalue weighted by Gasteiger charge is 2.17. The highest BCUT2D eigenvalue weighted by atomic mass is 16.5. The van der Waals surface area contributed by atoms with Crippen molar-refractivity contribution < 1.29 is 9.47 Å². The van der Waals surface area contributed by atoms with Crippen molar-refractivity contribution in [3.05, 3.63) is 66.5 Å². The Hall–Kier alpha value is -4.27. The van der Waals surface area contributed by atoms with Crippen LogP contribution < -0.4 is 14.4 Å². The number of H-pyrrole nitrogens is 1. The van der Waals surface area contributed by atoms with Crippen molar-refractivity contribution in [2.45, 2.75) is 6.54 Å². The first-order valence-electron chi connectivity index (χ1n) is 10.1. The summed E-state index contributed by atoms with van der Waals surface area (Å²) in [5.74, 6) is 2.85. The molecule has 9 heteroatoms. The van der Waals surface area contributed by atoms with Crippen LogP contribution in [-0.4, -0.2) is 51.9 Å². The monoisotopic (exact) mass is 427 g/mol. The Bertz CT molecular complexity index is 1290. The van der Waals surface area contributed by atoms with E-state index >= 15 is 0 Å². The highest BCUT2D eigenvalue weighted by Crippen LogP contribution is 2.33. The summed E-state index contributed by atoms with van der Waals surface area (Å²) in [7, 11) is 3.25. The summed E-state index contributed by atoms with van der Waals surface area (Å²) in [6.07, 6.45) is 9.10. The molecule has 0 unspecified atom stereocenters. The number of hydrogen-bond donors (Lipinski definition) is 1. The smallest absolute Gasteiger partial charge is 0.180 e. The van der Waals surface area contributed by atoms with Crippen LogP contribution in [0.1, 0.15) is 11.5 Å². The van der Waals surface area contributed by atoms with E-state index in [1.54, 1.807) is 32.8 Å². The zero-order valence-electron chi connectivity index (χ0n) is 17.7. The topological polar surface area (TPSA) is 101 Å². The van der Waals surface area contributed by atoms with Crippen molar-refractivity contribution in [1.29, 1.82) is 0 Å². The lowest BCUT2D eigenvalue weighted by Gasteiger charge is -2.24. The highest BCUT2D eigenvalue weighted by molar-refractivity contribution is 6.10. The zero-order chi connectivity index (χ0) is 21.9. The molecule has 1 aromatic carbocycles. The lowest BCUT2D eigenvalue weighted by Crippen LogP contribution is -2.19. The fourth-order valence-corrected chi connectivity index (χ4v) is 3.49. The number of aromatic amines is 1. The number of nitrogens with one attached hydrogen (secondary N) is 1. The summed E-state index contributed by atoms with van der Waals surface area (Å²) in [5, 5.41) is 0. The predicted molar refractivity (Wildman–Crippen MR) is 123 cm³/mol. The van der Waals surface area contributed by atoms with Gasteiger partial charge in [0.2, 0.25) is 0 Å². The summed E-state index contributed by atoms with van der Waals surface area (Å²) < 4.78 is 10.9. The van der Waals surface area contributed by atoms with E-state index in [9.17, 15) is 0 Å². The van der Waals surface area contributed by atoms with E-state index in [4.69, 9.17) is 19.4 Å². The van der Waals surface area contributed by atoms with Crippen molar-refractivity contribution in [3.63, 3.8) is 0 Å². The first-order valence-corrected chi connectivity index (χ1v) is 10.1. The van der Waals surface area contributed by atoms with Gasteiger partial charge in [-0.3, -0.25) is 9.98 Å². The number of allylic oxidation sites excluding steroid dienone is 1. The van der Waals surface area contributed by atoms with Crippen molar-refractivity contribution in [1.82, 2.24) is 24.9 Å². The molecule has 9 nitrogen and oxygen atoms in total. The van der Waals surface area contributed by atoms with Crippen LogP contribution in [-0.2, 0) is 6.54 Å². The molecule has 0 amide bonds. The normalized spacial score (nSPS) is 12.8. The number of fused-ring (bicyclic) bond motifs is 1. The lowest BCUT2D eigenvalue weighted by atomic mass is 10.2. The molecule has 5 rings (SSSR count). The van der Waals surface area contributed by atoms with E-state index in [0.717, 1.165) is 22.8 Å². The summed E-state index contributed by atoms with van der Waals surface area (Å²) >= 11 is 0. The zero-order valence-corrected chi connectivity index (χ0v) is 17.7. The van der Waals surface area contributed by atoms with Crippen molar-refractivity contribution in [2.24, 2.45) is 4.99 Å². The molecule has 1 aliphatic rings. The number of methoxy groups -OCH3 is 2. The molecular formula is C23H21N7O2. The van der Waals surface area contributed by atoms with Gasteiger partial charge in [0.15, 0.2) is 5.65 Å². The standard InChI is InChI=1S/C23H21N7O2/c1-31-17-9-16(10-18(11-17)32-2)30(14-21-25-7-8-26-21)22-4-3-19-23(29-22)28-20(13-27-19)15-5-6-24-12-15/h3-5,7-13H,6,14H2,1-2H3,(H,25,26). The molecule has 0 spiro atoms. The fraction of sp³-hybridized carbons (Fsp3) is 0.174. The molecule has 0 fully saturated rings. The van der Waals surface area contributed by atoms with Gasteiger partial charge in [0.05, 0.1) is 44.9 Å². The van der Waals surface area contributed by atoms with E-state index in [-0.39, 0.29) is 0 Å². The van der Waals surface area contributed by atoms with E-state index in [1.807, 2.05) is 47.5 Å². The van der Waals surface area contributed by atoms with Gasteiger partial charge in [0.25, 0.3) is 0 Å². The van der Waals surface area contributed by atoms with Crippen LogP contribution in [0.4, 0.5) is 11.5 Å². The molecule has 0 bridgehead atoms.